The summed E-state index contributed by atoms with van der Waals surface area (Å²) in [5, 5.41) is 0. The smallest absolute Gasteiger partial charge is 0.338 e. The van der Waals surface area contributed by atoms with Crippen LogP contribution < -0.4 is 24.5 Å². The number of thiazole rings is 1. The summed E-state index contributed by atoms with van der Waals surface area (Å²) in [4.78, 5) is 47.7. The Balaban J connectivity index is 1.78. The van der Waals surface area contributed by atoms with Gasteiger partial charge in [0, 0.05) is 12.1 Å². The van der Waals surface area contributed by atoms with Crippen LogP contribution >= 0.6 is 11.3 Å². The number of rotatable bonds is 6. The normalized spacial score (nSPS) is 17.9. The van der Waals surface area contributed by atoms with Gasteiger partial charge < -0.3 is 14.4 Å². The van der Waals surface area contributed by atoms with E-state index in [4.69, 9.17) is 9.47 Å². The highest BCUT2D eigenvalue weighted by atomic mass is 32.1. The lowest BCUT2D eigenvalue weighted by Gasteiger charge is -2.25. The molecule has 8 nitrogen and oxygen atoms in total. The number of allylic oxidation sites excluding steroid dienone is 1. The second-order valence-corrected chi connectivity index (χ2v) is 10.3. The van der Waals surface area contributed by atoms with Crippen LogP contribution in [0.15, 0.2) is 69.6 Å². The number of benzene rings is 2. The number of para-hydroxylation sites is 1. The fourth-order valence-electron chi connectivity index (χ4n) is 4.95. The van der Waals surface area contributed by atoms with Gasteiger partial charge in [0.2, 0.25) is 0 Å². The number of hydrogen-bond acceptors (Lipinski definition) is 7. The number of ether oxygens (including phenoxy) is 2. The highest BCUT2D eigenvalue weighted by molar-refractivity contribution is 7.07. The van der Waals surface area contributed by atoms with Gasteiger partial charge in [-0.1, -0.05) is 41.7 Å². The van der Waals surface area contributed by atoms with Crippen LogP contribution in [0.1, 0.15) is 51.8 Å². The Labute approximate surface area is 224 Å². The Morgan fingerprint density at radius 1 is 1.08 bits per heavy atom. The first-order valence-corrected chi connectivity index (χ1v) is 13.5. The van der Waals surface area contributed by atoms with E-state index < -0.39 is 12.0 Å². The van der Waals surface area contributed by atoms with Crippen LogP contribution in [0.3, 0.4) is 0 Å². The third kappa shape index (κ3) is 4.16. The first-order chi connectivity index (χ1) is 18.3. The van der Waals surface area contributed by atoms with Crippen molar-refractivity contribution in [1.29, 1.82) is 0 Å². The van der Waals surface area contributed by atoms with E-state index in [9.17, 15) is 14.4 Å². The number of fused-ring (bicyclic) bond motifs is 2. The Morgan fingerprint density at radius 3 is 2.45 bits per heavy atom. The fourth-order valence-corrected chi connectivity index (χ4v) is 6.09. The molecule has 3 heterocycles. The standard InChI is InChI=1S/C29H29N3O5S/c1-6-31-21-11-9-8-10-20(21)23(26(31)33)25-27(34)32-24(18-12-14-19(15-13-18)36-7-2)22(28(35)37-16(3)4)17(5)30-29(32)38-25/h8-16,24H,6-7H2,1-5H3/b25-23-/t24-/m0/s1. The first-order valence-electron chi connectivity index (χ1n) is 12.7. The fraction of sp³-hybridized carbons (Fsp3) is 0.310. The van der Waals surface area contributed by atoms with Crippen molar-refractivity contribution in [2.75, 3.05) is 18.1 Å². The number of carbonyl (C=O) groups is 2. The van der Waals surface area contributed by atoms with Gasteiger partial charge in [-0.3, -0.25) is 14.2 Å². The topological polar surface area (TPSA) is 90.2 Å². The number of esters is 1. The third-order valence-electron chi connectivity index (χ3n) is 6.53. The molecule has 0 saturated heterocycles. The third-order valence-corrected chi connectivity index (χ3v) is 7.59. The molecule has 9 heteroatoms. The number of amides is 1. The first kappa shape index (κ1) is 25.7. The summed E-state index contributed by atoms with van der Waals surface area (Å²) in [6.45, 7) is 10.1. The molecule has 0 fully saturated rings. The zero-order chi connectivity index (χ0) is 27.1. The zero-order valence-corrected chi connectivity index (χ0v) is 22.8. The number of nitrogens with zero attached hydrogens (tertiary/aromatic N) is 3. The van der Waals surface area contributed by atoms with E-state index in [-0.39, 0.29) is 17.6 Å². The summed E-state index contributed by atoms with van der Waals surface area (Å²) in [7, 11) is 0. The maximum Gasteiger partial charge on any atom is 0.338 e. The molecule has 1 aromatic heterocycles. The molecule has 0 spiro atoms. The van der Waals surface area contributed by atoms with Gasteiger partial charge in [0.15, 0.2) is 4.80 Å². The molecule has 0 unspecified atom stereocenters. The van der Waals surface area contributed by atoms with Crippen LogP contribution in [0.4, 0.5) is 5.69 Å². The Kier molecular flexibility index (Phi) is 6.79. The lowest BCUT2D eigenvalue weighted by molar-refractivity contribution is -0.143. The molecule has 2 aromatic carbocycles. The largest absolute Gasteiger partial charge is 0.494 e. The molecule has 0 N–H and O–H groups in total. The van der Waals surface area contributed by atoms with E-state index in [0.29, 0.717) is 50.6 Å². The minimum absolute atomic E-state index is 0.216. The average molecular weight is 532 g/mol. The molecule has 0 aliphatic carbocycles. The van der Waals surface area contributed by atoms with Crippen molar-refractivity contribution in [3.05, 3.63) is 90.6 Å². The van der Waals surface area contributed by atoms with Crippen LogP contribution in [-0.4, -0.2) is 35.7 Å². The van der Waals surface area contributed by atoms with Gasteiger partial charge in [-0.25, -0.2) is 9.79 Å². The Hall–Kier alpha value is -3.98. The second kappa shape index (κ2) is 10.1. The molecule has 2 aliphatic heterocycles. The predicted molar refractivity (Wildman–Crippen MR) is 146 cm³/mol. The molecular weight excluding hydrogens is 502 g/mol. The molecule has 0 saturated carbocycles. The minimum Gasteiger partial charge on any atom is -0.494 e. The molecule has 1 amide bonds. The molecule has 0 radical (unpaired) electrons. The zero-order valence-electron chi connectivity index (χ0n) is 22.0. The van der Waals surface area contributed by atoms with E-state index in [1.165, 1.54) is 15.9 Å². The lowest BCUT2D eigenvalue weighted by Crippen LogP contribution is -2.41. The minimum atomic E-state index is -0.767. The highest BCUT2D eigenvalue weighted by Crippen LogP contribution is 2.35. The molecule has 5 rings (SSSR count). The number of anilines is 1. The van der Waals surface area contributed by atoms with E-state index in [1.807, 2.05) is 62.4 Å². The van der Waals surface area contributed by atoms with Crippen molar-refractivity contribution in [1.82, 2.24) is 4.57 Å². The Morgan fingerprint density at radius 2 is 1.79 bits per heavy atom. The van der Waals surface area contributed by atoms with Gasteiger partial charge in [-0.2, -0.15) is 0 Å². The maximum atomic E-state index is 14.1. The molecule has 1 atom stereocenters. The summed E-state index contributed by atoms with van der Waals surface area (Å²) in [6.07, 6.45) is -0.344. The Bertz CT molecular complexity index is 1650. The average Bonchev–Trinajstić information content (AvgIpc) is 3.35. The SMILES string of the molecule is CCOc1ccc([C@H]2C(C(=O)OC(C)C)=C(C)N=c3s/c(=C4\C(=O)N(CC)c5ccccc54)c(=O)n32)cc1. The van der Waals surface area contributed by atoms with Crippen molar-refractivity contribution >= 4 is 34.5 Å². The summed E-state index contributed by atoms with van der Waals surface area (Å²) >= 11 is 1.17. The van der Waals surface area contributed by atoms with Crippen molar-refractivity contribution in [3.63, 3.8) is 0 Å². The van der Waals surface area contributed by atoms with Gasteiger partial charge in [0.1, 0.15) is 10.3 Å². The molecule has 196 valence electrons. The molecule has 38 heavy (non-hydrogen) atoms. The van der Waals surface area contributed by atoms with Gasteiger partial charge in [-0.15, -0.1) is 0 Å². The van der Waals surface area contributed by atoms with Crippen molar-refractivity contribution < 1.29 is 19.1 Å². The lowest BCUT2D eigenvalue weighted by atomic mass is 9.95. The van der Waals surface area contributed by atoms with Gasteiger partial charge >= 0.3 is 5.97 Å². The van der Waals surface area contributed by atoms with Crippen molar-refractivity contribution in [2.24, 2.45) is 4.99 Å². The van der Waals surface area contributed by atoms with Gasteiger partial charge in [-0.05, 0) is 58.4 Å². The van der Waals surface area contributed by atoms with Crippen LogP contribution in [0.5, 0.6) is 5.75 Å². The van der Waals surface area contributed by atoms with E-state index in [2.05, 4.69) is 4.99 Å². The molecular formula is C29H29N3O5S. The summed E-state index contributed by atoms with van der Waals surface area (Å²) in [5.41, 5.74) is 2.97. The maximum absolute atomic E-state index is 14.1. The quantitative estimate of drug-likeness (QED) is 0.455. The van der Waals surface area contributed by atoms with Crippen LogP contribution in [0, 0.1) is 0 Å². The van der Waals surface area contributed by atoms with E-state index in [0.717, 1.165) is 11.3 Å². The van der Waals surface area contributed by atoms with Gasteiger partial charge in [0.05, 0.1) is 41.3 Å². The summed E-state index contributed by atoms with van der Waals surface area (Å²) in [5.74, 6) is -0.0602. The van der Waals surface area contributed by atoms with Crippen LogP contribution in [0.2, 0.25) is 0 Å². The molecule has 0 bridgehead atoms. The van der Waals surface area contributed by atoms with E-state index >= 15 is 0 Å². The molecule has 2 aliphatic rings. The van der Waals surface area contributed by atoms with Crippen molar-refractivity contribution in [2.45, 2.75) is 46.8 Å². The van der Waals surface area contributed by atoms with Crippen LogP contribution in [-0.2, 0) is 14.3 Å². The number of aromatic nitrogens is 1. The number of hydrogen-bond donors (Lipinski definition) is 0. The predicted octanol–water partition coefficient (Wildman–Crippen LogP) is 3.32. The summed E-state index contributed by atoms with van der Waals surface area (Å²) in [6, 6.07) is 14.0. The van der Waals surface area contributed by atoms with Crippen LogP contribution in [0.25, 0.3) is 5.57 Å². The highest BCUT2D eigenvalue weighted by Gasteiger charge is 2.37. The number of likely N-dealkylation sites (N-methyl/N-ethyl adjacent to an activating group) is 1. The monoisotopic (exact) mass is 531 g/mol. The van der Waals surface area contributed by atoms with Gasteiger partial charge in [0.25, 0.3) is 11.5 Å². The molecule has 3 aromatic rings. The second-order valence-electron chi connectivity index (χ2n) is 9.30. The summed E-state index contributed by atoms with van der Waals surface area (Å²) < 4.78 is 13.0. The number of carbonyl (C=O) groups excluding carboxylic acids is 2. The van der Waals surface area contributed by atoms with E-state index in [1.54, 1.807) is 25.7 Å². The van der Waals surface area contributed by atoms with Crippen molar-refractivity contribution in [3.8, 4) is 5.75 Å².